The second-order valence-corrected chi connectivity index (χ2v) is 8.89. The van der Waals surface area contributed by atoms with Crippen molar-refractivity contribution in [3.63, 3.8) is 0 Å². The maximum absolute atomic E-state index is 14.5. The number of hydrogen-bond donors (Lipinski definition) is 1. The number of thioether (sulfide) groups is 1. The molecule has 4 aromatic rings. The van der Waals surface area contributed by atoms with Crippen molar-refractivity contribution in [1.29, 1.82) is 0 Å². The van der Waals surface area contributed by atoms with Crippen molar-refractivity contribution in [3.8, 4) is 22.6 Å². The van der Waals surface area contributed by atoms with Crippen molar-refractivity contribution in [3.05, 3.63) is 108 Å². The molecule has 0 unspecified atom stereocenters. The Morgan fingerprint density at radius 1 is 0.882 bits per heavy atom. The van der Waals surface area contributed by atoms with E-state index in [1.807, 2.05) is 24.3 Å². The first kappa shape index (κ1) is 23.5. The number of benzene rings is 4. The molecule has 34 heavy (non-hydrogen) atoms. The average molecular weight is 476 g/mol. The Balaban J connectivity index is 1.58. The highest BCUT2D eigenvalue weighted by atomic mass is 32.2. The van der Waals surface area contributed by atoms with Crippen LogP contribution in [0.1, 0.15) is 12.5 Å². The number of nitrogens with one attached hydrogen (secondary N) is 1. The zero-order valence-corrected chi connectivity index (χ0v) is 19.4. The quantitative estimate of drug-likeness (QED) is 0.265. The molecule has 1 amide bonds. The maximum Gasteiger partial charge on any atom is 0.228 e. The Labute approximate surface area is 201 Å². The van der Waals surface area contributed by atoms with Gasteiger partial charge in [-0.05, 0) is 53.8 Å². The predicted molar refractivity (Wildman–Crippen MR) is 133 cm³/mol. The van der Waals surface area contributed by atoms with Gasteiger partial charge in [-0.1, -0.05) is 43.3 Å². The highest BCUT2D eigenvalue weighted by Crippen LogP contribution is 2.37. The van der Waals surface area contributed by atoms with E-state index in [9.17, 15) is 13.6 Å². The van der Waals surface area contributed by atoms with E-state index < -0.39 is 11.6 Å². The maximum atomic E-state index is 14.5. The SMILES string of the molecule is CCSc1ccc(CC(=O)Nc2ccc(-c3ccccc3F)c(Oc3cccc(F)c3)c2)cc1. The zero-order valence-electron chi connectivity index (χ0n) is 18.6. The first-order valence-corrected chi connectivity index (χ1v) is 11.8. The summed E-state index contributed by atoms with van der Waals surface area (Å²) in [7, 11) is 0. The first-order valence-electron chi connectivity index (χ1n) is 10.9. The molecule has 3 nitrogen and oxygen atoms in total. The zero-order chi connectivity index (χ0) is 23.9. The number of ether oxygens (including phenoxy) is 1. The number of rotatable bonds is 8. The predicted octanol–water partition coefficient (Wildman–Crippen LogP) is 7.72. The van der Waals surface area contributed by atoms with Gasteiger partial charge in [0.1, 0.15) is 23.1 Å². The third-order valence-corrected chi connectivity index (χ3v) is 5.95. The van der Waals surface area contributed by atoms with Crippen LogP contribution in [0.3, 0.4) is 0 Å². The summed E-state index contributed by atoms with van der Waals surface area (Å²) >= 11 is 1.74. The molecule has 0 atom stereocenters. The number of carbonyl (C=O) groups is 1. The minimum Gasteiger partial charge on any atom is -0.457 e. The lowest BCUT2D eigenvalue weighted by Crippen LogP contribution is -2.14. The van der Waals surface area contributed by atoms with E-state index in [2.05, 4.69) is 12.2 Å². The summed E-state index contributed by atoms with van der Waals surface area (Å²) in [5.41, 5.74) is 2.23. The molecule has 0 aliphatic rings. The molecule has 6 heteroatoms. The van der Waals surface area contributed by atoms with E-state index in [1.54, 1.807) is 54.2 Å². The minimum atomic E-state index is -0.447. The summed E-state index contributed by atoms with van der Waals surface area (Å²) in [5.74, 6) is 0.514. The number of halogens is 2. The summed E-state index contributed by atoms with van der Waals surface area (Å²) in [4.78, 5) is 13.8. The van der Waals surface area contributed by atoms with Gasteiger partial charge in [-0.2, -0.15) is 0 Å². The van der Waals surface area contributed by atoms with Crippen LogP contribution < -0.4 is 10.1 Å². The molecule has 0 saturated heterocycles. The Kier molecular flexibility index (Phi) is 7.60. The molecule has 0 aliphatic carbocycles. The summed E-state index contributed by atoms with van der Waals surface area (Å²) in [5, 5.41) is 2.87. The third kappa shape index (κ3) is 6.02. The van der Waals surface area contributed by atoms with E-state index in [0.717, 1.165) is 16.2 Å². The fourth-order valence-corrected chi connectivity index (χ4v) is 4.17. The van der Waals surface area contributed by atoms with E-state index in [-0.39, 0.29) is 18.1 Å². The molecule has 4 rings (SSSR count). The Morgan fingerprint density at radius 2 is 1.68 bits per heavy atom. The summed E-state index contributed by atoms with van der Waals surface area (Å²) in [6, 6.07) is 24.9. The van der Waals surface area contributed by atoms with Crippen molar-refractivity contribution < 1.29 is 18.3 Å². The van der Waals surface area contributed by atoms with Crippen molar-refractivity contribution in [2.75, 3.05) is 11.1 Å². The summed E-state index contributed by atoms with van der Waals surface area (Å²) in [6.07, 6.45) is 0.215. The smallest absolute Gasteiger partial charge is 0.228 e. The fourth-order valence-electron chi connectivity index (χ4n) is 3.50. The average Bonchev–Trinajstić information content (AvgIpc) is 2.81. The Bertz CT molecular complexity index is 1290. The highest BCUT2D eigenvalue weighted by molar-refractivity contribution is 7.99. The van der Waals surface area contributed by atoms with Gasteiger partial charge in [-0.15, -0.1) is 11.8 Å². The molecular weight excluding hydrogens is 452 g/mol. The van der Waals surface area contributed by atoms with Crippen LogP contribution in [-0.2, 0) is 11.2 Å². The lowest BCUT2D eigenvalue weighted by Gasteiger charge is -2.15. The molecule has 0 bridgehead atoms. The van der Waals surface area contributed by atoms with Gasteiger partial charge in [0.2, 0.25) is 5.91 Å². The summed E-state index contributed by atoms with van der Waals surface area (Å²) in [6.45, 7) is 2.09. The van der Waals surface area contributed by atoms with Crippen molar-refractivity contribution in [1.82, 2.24) is 0 Å². The van der Waals surface area contributed by atoms with Gasteiger partial charge < -0.3 is 10.1 Å². The van der Waals surface area contributed by atoms with Crippen LogP contribution in [-0.4, -0.2) is 11.7 Å². The Morgan fingerprint density at radius 3 is 2.41 bits per heavy atom. The molecule has 0 fully saturated rings. The van der Waals surface area contributed by atoms with Crippen LogP contribution in [0.4, 0.5) is 14.5 Å². The molecule has 172 valence electrons. The number of anilines is 1. The van der Waals surface area contributed by atoms with Crippen LogP contribution >= 0.6 is 11.8 Å². The molecular formula is C28H23F2NO2S. The van der Waals surface area contributed by atoms with Gasteiger partial charge in [0.15, 0.2) is 0 Å². The molecule has 0 spiro atoms. The molecule has 0 heterocycles. The Hall–Kier alpha value is -3.64. The number of amides is 1. The first-order chi connectivity index (χ1) is 16.5. The molecule has 0 radical (unpaired) electrons. The lowest BCUT2D eigenvalue weighted by molar-refractivity contribution is -0.115. The van der Waals surface area contributed by atoms with E-state index >= 15 is 0 Å². The van der Waals surface area contributed by atoms with E-state index in [0.29, 0.717) is 22.6 Å². The largest absolute Gasteiger partial charge is 0.457 e. The second-order valence-electron chi connectivity index (χ2n) is 7.55. The van der Waals surface area contributed by atoms with Crippen molar-refractivity contribution in [2.45, 2.75) is 18.2 Å². The van der Waals surface area contributed by atoms with E-state index in [4.69, 9.17) is 4.74 Å². The monoisotopic (exact) mass is 475 g/mol. The van der Waals surface area contributed by atoms with Gasteiger partial charge in [-0.3, -0.25) is 4.79 Å². The third-order valence-electron chi connectivity index (χ3n) is 5.05. The summed E-state index contributed by atoms with van der Waals surface area (Å²) < 4.78 is 34.1. The van der Waals surface area contributed by atoms with Crippen molar-refractivity contribution in [2.24, 2.45) is 0 Å². The van der Waals surface area contributed by atoms with Gasteiger partial charge in [0.05, 0.1) is 6.42 Å². The number of carbonyl (C=O) groups excluding carboxylic acids is 1. The van der Waals surface area contributed by atoms with Gasteiger partial charge in [0.25, 0.3) is 0 Å². The van der Waals surface area contributed by atoms with Crippen LogP contribution in [0.2, 0.25) is 0 Å². The number of hydrogen-bond acceptors (Lipinski definition) is 3. The molecule has 0 aliphatic heterocycles. The molecule has 0 aromatic heterocycles. The van der Waals surface area contributed by atoms with Gasteiger partial charge in [-0.25, -0.2) is 8.78 Å². The molecule has 4 aromatic carbocycles. The highest BCUT2D eigenvalue weighted by Gasteiger charge is 2.14. The fraction of sp³-hybridized carbons (Fsp3) is 0.107. The van der Waals surface area contributed by atoms with Gasteiger partial charge >= 0.3 is 0 Å². The van der Waals surface area contributed by atoms with Crippen LogP contribution in [0.5, 0.6) is 11.5 Å². The van der Waals surface area contributed by atoms with Gasteiger partial charge in [0, 0.05) is 33.8 Å². The van der Waals surface area contributed by atoms with Crippen LogP contribution in [0.15, 0.2) is 95.9 Å². The normalized spacial score (nSPS) is 10.7. The molecule has 1 N–H and O–H groups in total. The van der Waals surface area contributed by atoms with Crippen LogP contribution in [0, 0.1) is 11.6 Å². The van der Waals surface area contributed by atoms with E-state index in [1.165, 1.54) is 24.3 Å². The second kappa shape index (κ2) is 11.0. The topological polar surface area (TPSA) is 38.3 Å². The lowest BCUT2D eigenvalue weighted by atomic mass is 10.0. The molecule has 0 saturated carbocycles. The minimum absolute atomic E-state index is 0.189. The van der Waals surface area contributed by atoms with Crippen LogP contribution in [0.25, 0.3) is 11.1 Å². The standard InChI is InChI=1S/C28H23F2NO2S/c1-2-34-23-13-10-19(11-14-23)16-28(32)31-21-12-15-25(24-8-3-4-9-26(24)30)27(18-21)33-22-7-5-6-20(29)17-22/h3-15,17-18H,2,16H2,1H3,(H,31,32). The van der Waals surface area contributed by atoms with Crippen molar-refractivity contribution >= 4 is 23.4 Å².